The summed E-state index contributed by atoms with van der Waals surface area (Å²) in [4.78, 5) is 0. The average Bonchev–Trinajstić information content (AvgIpc) is 1.30. The monoisotopic (exact) mass is 254 g/mol. The molecule has 0 amide bonds. The molecule has 0 aliphatic heterocycles. The Labute approximate surface area is 82.0 Å². The van der Waals surface area contributed by atoms with Crippen LogP contribution in [0.4, 0.5) is 0 Å². The molecule has 0 atom stereocenters. The molecule has 0 N–H and O–H groups in total. The van der Waals surface area contributed by atoms with Gasteiger partial charge in [0.2, 0.25) is 0 Å². The maximum Gasteiger partial charge on any atom is 0.0881 e. The van der Waals surface area contributed by atoms with E-state index in [9.17, 15) is 0 Å². The molecule has 0 aromatic rings. The predicted octanol–water partition coefficient (Wildman–Crippen LogP) is -0.990. The third kappa shape index (κ3) is 17.7. The second kappa shape index (κ2) is 6.95. The van der Waals surface area contributed by atoms with Crippen LogP contribution in [-0.2, 0) is 19.5 Å². The Morgan fingerprint density at radius 1 is 1.22 bits per heavy atom. The molecule has 9 heavy (non-hydrogen) atoms. The van der Waals surface area contributed by atoms with Crippen molar-refractivity contribution in [2.45, 2.75) is 19.6 Å². The van der Waals surface area contributed by atoms with Crippen LogP contribution in [0.1, 0.15) is 0 Å². The van der Waals surface area contributed by atoms with E-state index >= 15 is 0 Å². The summed E-state index contributed by atoms with van der Waals surface area (Å²) in [5, 5.41) is 0. The third-order valence-electron chi connectivity index (χ3n) is 0.463. The Morgan fingerprint density at radius 3 is 1.56 bits per heavy atom. The topological polar surface area (TPSA) is 0 Å². The molecular formula is C6H11BrSiZn-. The molecule has 0 fully saturated rings. The van der Waals surface area contributed by atoms with Gasteiger partial charge in [0.05, 0.1) is 8.07 Å². The third-order valence-corrected chi connectivity index (χ3v) is 1.39. The quantitative estimate of drug-likeness (QED) is 0.417. The van der Waals surface area contributed by atoms with Crippen molar-refractivity contribution in [3.05, 3.63) is 18.0 Å². The van der Waals surface area contributed by atoms with Crippen LogP contribution >= 0.6 is 0 Å². The Morgan fingerprint density at radius 2 is 1.56 bits per heavy atom. The molecule has 0 saturated carbocycles. The zero-order valence-electron chi connectivity index (χ0n) is 6.29. The minimum Gasteiger partial charge on any atom is -1.00 e. The van der Waals surface area contributed by atoms with Crippen LogP contribution in [0.3, 0.4) is 0 Å². The first-order valence-electron chi connectivity index (χ1n) is 2.35. The SMILES string of the molecule is C=C=[C][Si](C)(C)C.[Br-].[Zn]. The van der Waals surface area contributed by atoms with Crippen LogP contribution in [-0.4, -0.2) is 8.07 Å². The van der Waals surface area contributed by atoms with Crippen molar-refractivity contribution in [3.8, 4) is 0 Å². The number of hydrogen-bond donors (Lipinski definition) is 0. The predicted molar refractivity (Wildman–Crippen MR) is 35.7 cm³/mol. The molecule has 0 aliphatic carbocycles. The molecule has 0 saturated heterocycles. The van der Waals surface area contributed by atoms with Crippen molar-refractivity contribution in [3.63, 3.8) is 0 Å². The van der Waals surface area contributed by atoms with E-state index < -0.39 is 8.07 Å². The largest absolute Gasteiger partial charge is 1.00 e. The van der Waals surface area contributed by atoms with E-state index in [1.54, 1.807) is 0 Å². The van der Waals surface area contributed by atoms with Gasteiger partial charge in [0, 0.05) is 19.5 Å². The molecule has 0 aromatic carbocycles. The molecule has 1 radical (unpaired) electrons. The van der Waals surface area contributed by atoms with Crippen LogP contribution in [0.25, 0.3) is 0 Å². The molecule has 3 heteroatoms. The Hall–Kier alpha value is 0.840. The van der Waals surface area contributed by atoms with Crippen molar-refractivity contribution in [1.29, 1.82) is 0 Å². The van der Waals surface area contributed by atoms with Crippen molar-refractivity contribution in [2.75, 3.05) is 0 Å². The number of rotatable bonds is 1. The minimum atomic E-state index is -1.08. The van der Waals surface area contributed by atoms with Crippen molar-refractivity contribution < 1.29 is 36.5 Å². The second-order valence-electron chi connectivity index (χ2n) is 2.55. The first-order valence-corrected chi connectivity index (χ1v) is 5.85. The summed E-state index contributed by atoms with van der Waals surface area (Å²) in [5.41, 5.74) is 5.73. The van der Waals surface area contributed by atoms with Gasteiger partial charge >= 0.3 is 0 Å². The molecule has 0 aromatic heterocycles. The second-order valence-corrected chi connectivity index (χ2v) is 7.30. The van der Waals surface area contributed by atoms with E-state index in [1.807, 2.05) is 0 Å². The summed E-state index contributed by atoms with van der Waals surface area (Å²) in [6, 6.07) is 0. The van der Waals surface area contributed by atoms with Crippen LogP contribution < -0.4 is 17.0 Å². The standard InChI is InChI=1S/C6H11Si.BrH.Zn/c1-5-6-7(2,3)4;;/h1H2,2-4H3;1H;/p-1. The Balaban J connectivity index is -0.000000180. The van der Waals surface area contributed by atoms with Crippen molar-refractivity contribution in [2.24, 2.45) is 0 Å². The summed E-state index contributed by atoms with van der Waals surface area (Å²) in [7, 11) is -1.08. The van der Waals surface area contributed by atoms with E-state index in [2.05, 4.69) is 37.7 Å². The number of hydrogen-bond acceptors (Lipinski definition) is 0. The van der Waals surface area contributed by atoms with Gasteiger partial charge in [0.25, 0.3) is 0 Å². The van der Waals surface area contributed by atoms with E-state index in [-0.39, 0.29) is 36.5 Å². The van der Waals surface area contributed by atoms with Gasteiger partial charge in [0.1, 0.15) is 0 Å². The van der Waals surface area contributed by atoms with Gasteiger partial charge in [-0.25, -0.2) is 0 Å². The molecular weight excluding hydrogens is 245 g/mol. The molecule has 0 rings (SSSR count). The Bertz CT molecular complexity index is 100. The van der Waals surface area contributed by atoms with Gasteiger partial charge in [-0.2, -0.15) is 0 Å². The van der Waals surface area contributed by atoms with Gasteiger partial charge in [-0.3, -0.25) is 0 Å². The summed E-state index contributed by atoms with van der Waals surface area (Å²) >= 11 is 0. The summed E-state index contributed by atoms with van der Waals surface area (Å²) in [5.74, 6) is 0. The summed E-state index contributed by atoms with van der Waals surface area (Å²) < 4.78 is 0. The van der Waals surface area contributed by atoms with Crippen LogP contribution in [0.5, 0.6) is 0 Å². The van der Waals surface area contributed by atoms with Gasteiger partial charge in [-0.15, -0.1) is 5.73 Å². The van der Waals surface area contributed by atoms with Gasteiger partial charge < -0.3 is 17.0 Å². The molecule has 0 nitrogen and oxygen atoms in total. The zero-order chi connectivity index (χ0) is 5.91. The van der Waals surface area contributed by atoms with Crippen LogP contribution in [0, 0.1) is 5.70 Å². The normalized spacial score (nSPS) is 7.89. The fourth-order valence-corrected chi connectivity index (χ4v) is 0.795. The maximum atomic E-state index is 3.44. The van der Waals surface area contributed by atoms with Crippen LogP contribution in [0.2, 0.25) is 19.6 Å². The van der Waals surface area contributed by atoms with Gasteiger partial charge in [0.15, 0.2) is 0 Å². The average molecular weight is 257 g/mol. The van der Waals surface area contributed by atoms with Gasteiger partial charge in [-0.05, 0) is 5.70 Å². The minimum absolute atomic E-state index is 0. The summed E-state index contributed by atoms with van der Waals surface area (Å²) in [6.45, 7) is 10.0. The first kappa shape index (κ1) is 16.4. The fraction of sp³-hybridized carbons (Fsp3) is 0.500. The van der Waals surface area contributed by atoms with E-state index in [0.717, 1.165) is 0 Å². The maximum absolute atomic E-state index is 3.44. The van der Waals surface area contributed by atoms with Crippen molar-refractivity contribution in [1.82, 2.24) is 0 Å². The van der Waals surface area contributed by atoms with E-state index in [0.29, 0.717) is 0 Å². The molecule has 0 bridgehead atoms. The van der Waals surface area contributed by atoms with E-state index in [4.69, 9.17) is 0 Å². The molecule has 0 spiro atoms. The van der Waals surface area contributed by atoms with Gasteiger partial charge in [-0.1, -0.05) is 26.2 Å². The zero-order valence-corrected chi connectivity index (χ0v) is 11.8. The number of halogens is 1. The fourth-order valence-electron chi connectivity index (χ4n) is 0.265. The van der Waals surface area contributed by atoms with Crippen LogP contribution in [0.15, 0.2) is 12.3 Å². The Kier molecular flexibility index (Phi) is 12.7. The molecule has 49 valence electrons. The van der Waals surface area contributed by atoms with E-state index in [1.165, 1.54) is 0 Å². The van der Waals surface area contributed by atoms with Crippen molar-refractivity contribution >= 4 is 8.07 Å². The molecule has 0 unspecified atom stereocenters. The molecule has 0 aliphatic rings. The summed E-state index contributed by atoms with van der Waals surface area (Å²) in [6.07, 6.45) is 0. The first-order chi connectivity index (χ1) is 3.06. The smallest absolute Gasteiger partial charge is 0.0881 e. The molecule has 0 heterocycles.